The number of hydrazone groups is 1. The number of rotatable bonds is 5. The summed E-state index contributed by atoms with van der Waals surface area (Å²) in [6, 6.07) is 2.69. The summed E-state index contributed by atoms with van der Waals surface area (Å²) in [5.41, 5.74) is 2.90. The molecule has 8 heteroatoms. The third-order valence-electron chi connectivity index (χ3n) is 2.05. The fraction of sp³-hybridized carbons (Fsp3) is 0.273. The molecule has 0 amide bonds. The van der Waals surface area contributed by atoms with Crippen LogP contribution in [0, 0.1) is 4.91 Å². The first-order valence-corrected chi connectivity index (χ1v) is 6.05. The zero-order chi connectivity index (χ0) is 14.4. The highest BCUT2D eigenvalue weighted by atomic mass is 35.5. The van der Waals surface area contributed by atoms with Crippen LogP contribution in [0.2, 0.25) is 10.0 Å². The van der Waals surface area contributed by atoms with E-state index in [1.165, 1.54) is 19.1 Å². The molecule has 102 valence electrons. The lowest BCUT2D eigenvalue weighted by molar-refractivity contribution is -0.135. The third kappa shape index (κ3) is 4.18. The van der Waals surface area contributed by atoms with Crippen LogP contribution in [0.25, 0.3) is 0 Å². The Kier molecular flexibility index (Phi) is 5.72. The summed E-state index contributed by atoms with van der Waals surface area (Å²) in [7, 11) is 0. The monoisotopic (exact) mass is 303 g/mol. The number of hydrogen-bond donors (Lipinski definition) is 1. The van der Waals surface area contributed by atoms with Gasteiger partial charge in [0, 0.05) is 0 Å². The highest BCUT2D eigenvalue weighted by Crippen LogP contribution is 2.34. The van der Waals surface area contributed by atoms with Crippen LogP contribution >= 0.6 is 23.2 Å². The van der Waals surface area contributed by atoms with Crippen LogP contribution < -0.4 is 5.43 Å². The molecule has 1 rings (SSSR count). The second-order valence-electron chi connectivity index (χ2n) is 3.40. The van der Waals surface area contributed by atoms with Crippen LogP contribution in [0.4, 0.5) is 11.4 Å². The maximum Gasteiger partial charge on any atom is 0.354 e. The number of nitroso groups, excluding NO2 is 1. The standard InChI is InChI=1S/C11H11Cl2N3O3/c1-3-19-11(17)6(2)14-15-9-4-7(12)8(13)5-10(9)16-18/h4-5,15H,3H2,1-2H3. The van der Waals surface area contributed by atoms with Crippen LogP contribution in [0.15, 0.2) is 22.4 Å². The molecule has 0 atom stereocenters. The van der Waals surface area contributed by atoms with E-state index in [0.29, 0.717) is 0 Å². The van der Waals surface area contributed by atoms with Gasteiger partial charge in [0.05, 0.1) is 22.3 Å². The molecule has 6 nitrogen and oxygen atoms in total. The summed E-state index contributed by atoms with van der Waals surface area (Å²) < 4.78 is 4.75. The molecule has 0 aliphatic heterocycles. The average molecular weight is 304 g/mol. The lowest BCUT2D eigenvalue weighted by Crippen LogP contribution is -2.15. The summed E-state index contributed by atoms with van der Waals surface area (Å²) in [5, 5.41) is 7.01. The van der Waals surface area contributed by atoms with Crippen molar-refractivity contribution in [3.8, 4) is 0 Å². The Labute approximate surface area is 119 Å². The van der Waals surface area contributed by atoms with E-state index in [0.717, 1.165) is 0 Å². The van der Waals surface area contributed by atoms with E-state index < -0.39 is 5.97 Å². The van der Waals surface area contributed by atoms with Gasteiger partial charge < -0.3 is 4.74 Å². The zero-order valence-corrected chi connectivity index (χ0v) is 11.7. The van der Waals surface area contributed by atoms with Crippen LogP contribution in [-0.4, -0.2) is 18.3 Å². The maximum atomic E-state index is 11.3. The summed E-state index contributed by atoms with van der Waals surface area (Å²) in [4.78, 5) is 22.0. The molecular weight excluding hydrogens is 293 g/mol. The minimum Gasteiger partial charge on any atom is -0.461 e. The highest BCUT2D eigenvalue weighted by molar-refractivity contribution is 6.42. The van der Waals surface area contributed by atoms with Gasteiger partial charge in [0.25, 0.3) is 0 Å². The predicted octanol–water partition coefficient (Wildman–Crippen LogP) is 3.74. The van der Waals surface area contributed by atoms with Crippen LogP contribution in [0.1, 0.15) is 13.8 Å². The molecule has 0 unspecified atom stereocenters. The quantitative estimate of drug-likeness (QED) is 0.389. The number of anilines is 1. The second kappa shape index (κ2) is 7.06. The fourth-order valence-electron chi connectivity index (χ4n) is 1.13. The Hall–Kier alpha value is -1.66. The normalized spacial score (nSPS) is 11.1. The van der Waals surface area contributed by atoms with Crippen molar-refractivity contribution in [2.75, 3.05) is 12.0 Å². The van der Waals surface area contributed by atoms with E-state index in [-0.39, 0.29) is 33.7 Å². The Bertz CT molecular complexity index is 532. The average Bonchev–Trinajstić information content (AvgIpc) is 2.39. The molecular formula is C11H11Cl2N3O3. The summed E-state index contributed by atoms with van der Waals surface area (Å²) >= 11 is 11.6. The number of carbonyl (C=O) groups excluding carboxylic acids is 1. The molecule has 0 aliphatic rings. The van der Waals surface area contributed by atoms with Crippen molar-refractivity contribution in [3.05, 3.63) is 27.1 Å². The molecule has 0 saturated carbocycles. The van der Waals surface area contributed by atoms with E-state index in [9.17, 15) is 9.70 Å². The summed E-state index contributed by atoms with van der Waals surface area (Å²) in [6.07, 6.45) is 0. The number of nitrogens with one attached hydrogen (secondary N) is 1. The van der Waals surface area contributed by atoms with Crippen molar-refractivity contribution >= 4 is 46.3 Å². The molecule has 0 aromatic heterocycles. The molecule has 0 heterocycles. The molecule has 0 radical (unpaired) electrons. The van der Waals surface area contributed by atoms with Gasteiger partial charge in [-0.15, -0.1) is 4.91 Å². The lowest BCUT2D eigenvalue weighted by atomic mass is 10.3. The third-order valence-corrected chi connectivity index (χ3v) is 2.77. The first kappa shape index (κ1) is 15.4. The number of hydrogen-bond acceptors (Lipinski definition) is 6. The predicted molar refractivity (Wildman–Crippen MR) is 75.3 cm³/mol. The van der Waals surface area contributed by atoms with Gasteiger partial charge in [-0.2, -0.15) is 5.10 Å². The Morgan fingerprint density at radius 3 is 2.58 bits per heavy atom. The Morgan fingerprint density at radius 2 is 2.00 bits per heavy atom. The molecule has 1 N–H and O–H groups in total. The second-order valence-corrected chi connectivity index (χ2v) is 4.22. The molecule has 1 aromatic carbocycles. The van der Waals surface area contributed by atoms with Gasteiger partial charge in [0.1, 0.15) is 11.4 Å². The molecule has 19 heavy (non-hydrogen) atoms. The molecule has 0 fully saturated rings. The number of esters is 1. The first-order chi connectivity index (χ1) is 8.99. The number of halogens is 2. The highest BCUT2D eigenvalue weighted by Gasteiger charge is 2.10. The molecule has 0 bridgehead atoms. The first-order valence-electron chi connectivity index (χ1n) is 5.29. The van der Waals surface area contributed by atoms with E-state index in [4.69, 9.17) is 27.9 Å². The Morgan fingerprint density at radius 1 is 1.37 bits per heavy atom. The van der Waals surface area contributed by atoms with Gasteiger partial charge in [-0.05, 0) is 31.2 Å². The van der Waals surface area contributed by atoms with E-state index in [1.807, 2.05) is 0 Å². The smallest absolute Gasteiger partial charge is 0.354 e. The number of ether oxygens (including phenoxy) is 1. The van der Waals surface area contributed by atoms with Crippen molar-refractivity contribution in [2.45, 2.75) is 13.8 Å². The van der Waals surface area contributed by atoms with Crippen molar-refractivity contribution in [2.24, 2.45) is 10.3 Å². The van der Waals surface area contributed by atoms with Crippen molar-refractivity contribution in [1.82, 2.24) is 0 Å². The topological polar surface area (TPSA) is 80.1 Å². The van der Waals surface area contributed by atoms with Gasteiger partial charge >= 0.3 is 5.97 Å². The van der Waals surface area contributed by atoms with Gasteiger partial charge in [-0.3, -0.25) is 5.43 Å². The van der Waals surface area contributed by atoms with Crippen LogP contribution in [0.5, 0.6) is 0 Å². The van der Waals surface area contributed by atoms with Crippen molar-refractivity contribution < 1.29 is 9.53 Å². The summed E-state index contributed by atoms with van der Waals surface area (Å²) in [6.45, 7) is 3.40. The number of benzene rings is 1. The summed E-state index contributed by atoms with van der Waals surface area (Å²) in [5.74, 6) is -0.560. The maximum absolute atomic E-state index is 11.3. The minimum absolute atomic E-state index is 0.0369. The SMILES string of the molecule is CCOC(=O)C(C)=NNc1cc(Cl)c(Cl)cc1N=O. The van der Waals surface area contributed by atoms with Gasteiger partial charge in [-0.25, -0.2) is 4.79 Å². The minimum atomic E-state index is -0.560. The molecule has 1 aromatic rings. The Balaban J connectivity index is 2.94. The van der Waals surface area contributed by atoms with E-state index >= 15 is 0 Å². The number of carbonyl (C=O) groups is 1. The van der Waals surface area contributed by atoms with Gasteiger partial charge in [0.2, 0.25) is 0 Å². The fourth-order valence-corrected chi connectivity index (χ4v) is 1.45. The van der Waals surface area contributed by atoms with Gasteiger partial charge in [0.15, 0.2) is 0 Å². The number of nitrogens with zero attached hydrogens (tertiary/aromatic N) is 2. The largest absolute Gasteiger partial charge is 0.461 e. The molecule has 0 saturated heterocycles. The van der Waals surface area contributed by atoms with Crippen LogP contribution in [-0.2, 0) is 9.53 Å². The lowest BCUT2D eigenvalue weighted by Gasteiger charge is -2.06. The van der Waals surface area contributed by atoms with Crippen LogP contribution in [0.3, 0.4) is 0 Å². The molecule has 0 spiro atoms. The zero-order valence-electron chi connectivity index (χ0n) is 10.2. The molecule has 0 aliphatic carbocycles. The van der Waals surface area contributed by atoms with E-state index in [2.05, 4.69) is 15.7 Å². The van der Waals surface area contributed by atoms with Crippen molar-refractivity contribution in [3.63, 3.8) is 0 Å². The van der Waals surface area contributed by atoms with Gasteiger partial charge in [-0.1, -0.05) is 23.2 Å². The van der Waals surface area contributed by atoms with Crippen molar-refractivity contribution in [1.29, 1.82) is 0 Å². The van der Waals surface area contributed by atoms with E-state index in [1.54, 1.807) is 6.92 Å².